The maximum Gasteiger partial charge on any atom is 0.145 e. The Balaban J connectivity index is 1.38. The first-order valence-corrected chi connectivity index (χ1v) is 13.1. The number of benzene rings is 3. The lowest BCUT2D eigenvalue weighted by Crippen LogP contribution is -2.39. The van der Waals surface area contributed by atoms with Crippen molar-refractivity contribution in [3.63, 3.8) is 0 Å². The van der Waals surface area contributed by atoms with E-state index in [1.54, 1.807) is 0 Å². The molecule has 0 aromatic heterocycles. The normalized spacial score (nSPS) is 23.3. The standard InChI is InChI=1S/C32H36O4/c1-32(2,3)36-26-14-16-30-24(19-26)11-15-29(22-7-5-4-6-8-22)31(30)23-9-12-25(13-10-23)35-28-20-27(21-28)34-18-17-33/h4-10,12-14,16-17,19,27-29,31H,11,15,18,20-21H2,1-3H3/t27?,28?,29-,31+/m1/s1. The van der Waals surface area contributed by atoms with Crippen molar-refractivity contribution < 1.29 is 19.0 Å². The van der Waals surface area contributed by atoms with Crippen molar-refractivity contribution in [2.45, 2.75) is 76.1 Å². The van der Waals surface area contributed by atoms with Gasteiger partial charge < -0.3 is 19.0 Å². The predicted octanol–water partition coefficient (Wildman–Crippen LogP) is 6.85. The van der Waals surface area contributed by atoms with Gasteiger partial charge in [0.05, 0.1) is 6.10 Å². The Morgan fingerprint density at radius 1 is 0.861 bits per heavy atom. The quantitative estimate of drug-likeness (QED) is 0.328. The number of aryl methyl sites for hydroxylation is 1. The molecule has 4 nitrogen and oxygen atoms in total. The summed E-state index contributed by atoms with van der Waals surface area (Å²) in [5.74, 6) is 2.53. The first kappa shape index (κ1) is 24.6. The minimum absolute atomic E-state index is 0.136. The average molecular weight is 485 g/mol. The fraction of sp³-hybridized carbons (Fsp3) is 0.406. The van der Waals surface area contributed by atoms with Crippen LogP contribution in [0.5, 0.6) is 11.5 Å². The fourth-order valence-corrected chi connectivity index (χ4v) is 5.56. The van der Waals surface area contributed by atoms with Crippen LogP contribution in [0.15, 0.2) is 72.8 Å². The van der Waals surface area contributed by atoms with E-state index >= 15 is 0 Å². The lowest BCUT2D eigenvalue weighted by atomic mass is 9.69. The Morgan fingerprint density at radius 3 is 2.28 bits per heavy atom. The second-order valence-electron chi connectivity index (χ2n) is 11.0. The van der Waals surface area contributed by atoms with Gasteiger partial charge in [-0.3, -0.25) is 0 Å². The number of carbonyl (C=O) groups is 1. The Hall–Kier alpha value is -3.11. The number of rotatable bonds is 8. The molecule has 3 aromatic carbocycles. The zero-order chi connectivity index (χ0) is 25.1. The van der Waals surface area contributed by atoms with Crippen LogP contribution < -0.4 is 9.47 Å². The van der Waals surface area contributed by atoms with Crippen molar-refractivity contribution in [3.8, 4) is 11.5 Å². The number of hydrogen-bond donors (Lipinski definition) is 0. The van der Waals surface area contributed by atoms with Gasteiger partial charge in [-0.15, -0.1) is 0 Å². The van der Waals surface area contributed by atoms with Crippen LogP contribution in [0, 0.1) is 0 Å². The molecule has 2 aliphatic rings. The summed E-state index contributed by atoms with van der Waals surface area (Å²) in [4.78, 5) is 10.5. The number of carbonyl (C=O) groups excluding carboxylic acids is 1. The highest BCUT2D eigenvalue weighted by atomic mass is 16.5. The van der Waals surface area contributed by atoms with Gasteiger partial charge in [-0.05, 0) is 86.1 Å². The van der Waals surface area contributed by atoms with Gasteiger partial charge in [0.15, 0.2) is 0 Å². The molecule has 0 aliphatic heterocycles. The summed E-state index contributed by atoms with van der Waals surface area (Å²) in [5.41, 5.74) is 5.25. The average Bonchev–Trinajstić information content (AvgIpc) is 2.84. The highest BCUT2D eigenvalue weighted by Crippen LogP contribution is 2.47. The zero-order valence-corrected chi connectivity index (χ0v) is 21.5. The van der Waals surface area contributed by atoms with Crippen molar-refractivity contribution in [3.05, 3.63) is 95.1 Å². The molecular formula is C32H36O4. The Labute approximate surface area is 214 Å². The molecule has 4 heteroatoms. The number of aldehydes is 1. The third-order valence-corrected chi connectivity index (χ3v) is 7.22. The van der Waals surface area contributed by atoms with E-state index in [9.17, 15) is 4.79 Å². The lowest BCUT2D eigenvalue weighted by Gasteiger charge is -2.36. The monoisotopic (exact) mass is 484 g/mol. The van der Waals surface area contributed by atoms with Crippen LogP contribution >= 0.6 is 0 Å². The largest absolute Gasteiger partial charge is 0.490 e. The van der Waals surface area contributed by atoms with E-state index in [1.165, 1.54) is 22.3 Å². The van der Waals surface area contributed by atoms with Gasteiger partial charge in [0, 0.05) is 18.8 Å². The summed E-state index contributed by atoms with van der Waals surface area (Å²) in [6, 6.07) is 26.2. The molecule has 5 rings (SSSR count). The van der Waals surface area contributed by atoms with Crippen LogP contribution in [0.1, 0.15) is 74.1 Å². The van der Waals surface area contributed by atoms with Crippen LogP contribution in [-0.4, -0.2) is 30.7 Å². The van der Waals surface area contributed by atoms with Gasteiger partial charge >= 0.3 is 0 Å². The molecule has 0 radical (unpaired) electrons. The van der Waals surface area contributed by atoms with Crippen LogP contribution in [0.25, 0.3) is 0 Å². The Bertz CT molecular complexity index is 1160. The molecule has 2 atom stereocenters. The van der Waals surface area contributed by atoms with E-state index in [4.69, 9.17) is 14.2 Å². The Morgan fingerprint density at radius 2 is 1.58 bits per heavy atom. The molecule has 3 aromatic rings. The van der Waals surface area contributed by atoms with E-state index < -0.39 is 0 Å². The highest BCUT2D eigenvalue weighted by molar-refractivity contribution is 5.50. The Kier molecular flexibility index (Phi) is 7.15. The number of ether oxygens (including phenoxy) is 3. The van der Waals surface area contributed by atoms with E-state index in [0.717, 1.165) is 43.5 Å². The summed E-state index contributed by atoms with van der Waals surface area (Å²) in [6.07, 6.45) is 4.91. The van der Waals surface area contributed by atoms with Gasteiger partial charge in [0.2, 0.25) is 0 Å². The first-order chi connectivity index (χ1) is 17.4. The van der Waals surface area contributed by atoms with Crippen LogP contribution in [-0.2, 0) is 16.0 Å². The molecule has 0 N–H and O–H groups in total. The zero-order valence-electron chi connectivity index (χ0n) is 21.5. The third kappa shape index (κ3) is 5.65. The molecule has 1 saturated carbocycles. The van der Waals surface area contributed by atoms with Gasteiger partial charge in [0.1, 0.15) is 36.1 Å². The first-order valence-electron chi connectivity index (χ1n) is 13.1. The molecule has 0 spiro atoms. The van der Waals surface area contributed by atoms with Crippen molar-refractivity contribution in [1.82, 2.24) is 0 Å². The maximum absolute atomic E-state index is 10.5. The van der Waals surface area contributed by atoms with Crippen molar-refractivity contribution in [2.24, 2.45) is 0 Å². The minimum Gasteiger partial charge on any atom is -0.490 e. The number of hydrogen-bond acceptors (Lipinski definition) is 4. The van der Waals surface area contributed by atoms with E-state index in [-0.39, 0.29) is 30.3 Å². The number of fused-ring (bicyclic) bond motifs is 1. The molecule has 0 heterocycles. The van der Waals surface area contributed by atoms with E-state index in [0.29, 0.717) is 5.92 Å². The molecule has 0 unspecified atom stereocenters. The third-order valence-electron chi connectivity index (χ3n) is 7.22. The predicted molar refractivity (Wildman–Crippen MR) is 142 cm³/mol. The van der Waals surface area contributed by atoms with Crippen LogP contribution in [0.2, 0.25) is 0 Å². The highest BCUT2D eigenvalue weighted by Gasteiger charge is 2.33. The van der Waals surface area contributed by atoms with Crippen LogP contribution in [0.4, 0.5) is 0 Å². The molecule has 0 amide bonds. The second kappa shape index (κ2) is 10.5. The minimum atomic E-state index is -0.216. The summed E-state index contributed by atoms with van der Waals surface area (Å²) in [5, 5.41) is 0. The molecular weight excluding hydrogens is 448 g/mol. The smallest absolute Gasteiger partial charge is 0.145 e. The molecule has 0 bridgehead atoms. The van der Waals surface area contributed by atoms with E-state index in [2.05, 4.69) is 93.6 Å². The topological polar surface area (TPSA) is 44.8 Å². The maximum atomic E-state index is 10.5. The van der Waals surface area contributed by atoms with Crippen LogP contribution in [0.3, 0.4) is 0 Å². The molecule has 2 aliphatic carbocycles. The molecule has 36 heavy (non-hydrogen) atoms. The van der Waals surface area contributed by atoms with Gasteiger partial charge in [0.25, 0.3) is 0 Å². The summed E-state index contributed by atoms with van der Waals surface area (Å²) < 4.78 is 17.8. The molecule has 188 valence electrons. The molecule has 1 fully saturated rings. The van der Waals surface area contributed by atoms with Gasteiger partial charge in [-0.1, -0.05) is 48.5 Å². The second-order valence-corrected chi connectivity index (χ2v) is 11.0. The van der Waals surface area contributed by atoms with Crippen molar-refractivity contribution in [1.29, 1.82) is 0 Å². The van der Waals surface area contributed by atoms with Crippen molar-refractivity contribution in [2.75, 3.05) is 6.61 Å². The van der Waals surface area contributed by atoms with Gasteiger partial charge in [-0.2, -0.15) is 0 Å². The SMILES string of the molecule is CC(C)(C)Oc1ccc2c(c1)CC[C@H](c1ccccc1)[C@@H]2c1ccc(OC2CC(OCC=O)C2)cc1. The molecule has 0 saturated heterocycles. The lowest BCUT2D eigenvalue weighted by molar-refractivity contribution is -0.119. The fourth-order valence-electron chi connectivity index (χ4n) is 5.56. The van der Waals surface area contributed by atoms with E-state index in [1.807, 2.05) is 0 Å². The van der Waals surface area contributed by atoms with Gasteiger partial charge in [-0.25, -0.2) is 0 Å². The summed E-state index contributed by atoms with van der Waals surface area (Å²) in [6.45, 7) is 6.44. The van der Waals surface area contributed by atoms with Crippen molar-refractivity contribution >= 4 is 6.29 Å². The summed E-state index contributed by atoms with van der Waals surface area (Å²) >= 11 is 0. The summed E-state index contributed by atoms with van der Waals surface area (Å²) in [7, 11) is 0.